The molecule has 4 aromatic rings. The topological polar surface area (TPSA) is 102 Å². The highest BCUT2D eigenvalue weighted by Crippen LogP contribution is 2.46. The quantitative estimate of drug-likeness (QED) is 0.216. The maximum absolute atomic E-state index is 14.0. The van der Waals surface area contributed by atoms with Crippen LogP contribution in [0.1, 0.15) is 42.9 Å². The summed E-state index contributed by atoms with van der Waals surface area (Å²) in [6, 6.07) is 8.53. The summed E-state index contributed by atoms with van der Waals surface area (Å²) in [5.74, 6) is 1.05. The van der Waals surface area contributed by atoms with Gasteiger partial charge in [-0.3, -0.25) is 0 Å². The van der Waals surface area contributed by atoms with Crippen LogP contribution in [0.25, 0.3) is 22.2 Å². The van der Waals surface area contributed by atoms with Crippen molar-refractivity contribution < 1.29 is 22.6 Å². The van der Waals surface area contributed by atoms with Crippen molar-refractivity contribution in [3.05, 3.63) is 54.0 Å². The van der Waals surface area contributed by atoms with Gasteiger partial charge >= 0.3 is 6.18 Å². The average molecular weight is 594 g/mol. The fourth-order valence-electron chi connectivity index (χ4n) is 6.12. The number of anilines is 3. The molecule has 2 aromatic carbocycles. The van der Waals surface area contributed by atoms with Gasteiger partial charge in [-0.25, -0.2) is 9.97 Å². The van der Waals surface area contributed by atoms with Gasteiger partial charge in [-0.05, 0) is 62.6 Å². The highest BCUT2D eigenvalue weighted by molar-refractivity contribution is 6.02. The summed E-state index contributed by atoms with van der Waals surface area (Å²) in [7, 11) is 2.00. The fourth-order valence-corrected chi connectivity index (χ4v) is 6.12. The minimum atomic E-state index is -4.53. The summed E-state index contributed by atoms with van der Waals surface area (Å²) in [6.07, 6.45) is 3.22. The molecule has 0 radical (unpaired) electrons. The smallest absolute Gasteiger partial charge is 0.420 e. The SMILES string of the molecule is CN1CCC(Oc2ccc(NCNc3ccc(-c4cn(C5CC5)c5ncnc(N)c45)c4c3OCC4)cc2C(F)(F)F)CC1. The first kappa shape index (κ1) is 27.6. The van der Waals surface area contributed by atoms with Gasteiger partial charge in [0.15, 0.2) is 0 Å². The third kappa shape index (κ3) is 5.39. The number of nitrogens with one attached hydrogen (secondary N) is 2. The summed E-state index contributed by atoms with van der Waals surface area (Å²) in [4.78, 5) is 10.9. The van der Waals surface area contributed by atoms with Crippen molar-refractivity contribution in [2.75, 3.05) is 49.8 Å². The summed E-state index contributed by atoms with van der Waals surface area (Å²) in [5, 5.41) is 7.20. The number of rotatable bonds is 8. The second kappa shape index (κ2) is 10.8. The maximum Gasteiger partial charge on any atom is 0.420 e. The number of benzene rings is 2. The molecular formula is C31H34F3N7O2. The minimum absolute atomic E-state index is 0.128. The molecule has 1 aliphatic carbocycles. The van der Waals surface area contributed by atoms with E-state index in [4.69, 9.17) is 15.2 Å². The number of piperidine rings is 1. The largest absolute Gasteiger partial charge is 0.491 e. The maximum atomic E-state index is 14.0. The summed E-state index contributed by atoms with van der Waals surface area (Å²) < 4.78 is 55.9. The van der Waals surface area contributed by atoms with Crippen LogP contribution in [-0.4, -0.2) is 59.0 Å². The average Bonchev–Trinajstić information content (AvgIpc) is 3.56. The Bertz CT molecular complexity index is 1660. The van der Waals surface area contributed by atoms with Crippen molar-refractivity contribution in [1.29, 1.82) is 0 Å². The molecule has 0 unspecified atom stereocenters. The molecule has 226 valence electrons. The van der Waals surface area contributed by atoms with Gasteiger partial charge in [0.05, 0.1) is 29.9 Å². The molecule has 0 atom stereocenters. The molecule has 2 fully saturated rings. The zero-order valence-corrected chi connectivity index (χ0v) is 23.9. The van der Waals surface area contributed by atoms with Crippen LogP contribution in [0, 0.1) is 0 Å². The molecule has 7 rings (SSSR count). The molecule has 43 heavy (non-hydrogen) atoms. The molecule has 12 heteroatoms. The van der Waals surface area contributed by atoms with Crippen molar-refractivity contribution in [1.82, 2.24) is 19.4 Å². The Kier molecular flexibility index (Phi) is 6.95. The predicted octanol–water partition coefficient (Wildman–Crippen LogP) is 5.92. The van der Waals surface area contributed by atoms with Crippen LogP contribution in [0.3, 0.4) is 0 Å². The van der Waals surface area contributed by atoms with Crippen molar-refractivity contribution in [2.45, 2.75) is 50.4 Å². The number of fused-ring (bicyclic) bond motifs is 2. The van der Waals surface area contributed by atoms with E-state index in [-0.39, 0.29) is 18.5 Å². The molecule has 4 heterocycles. The van der Waals surface area contributed by atoms with Gasteiger partial charge in [0.2, 0.25) is 0 Å². The van der Waals surface area contributed by atoms with E-state index in [2.05, 4.69) is 36.3 Å². The molecular weight excluding hydrogens is 559 g/mol. The zero-order valence-electron chi connectivity index (χ0n) is 23.9. The normalized spacial score (nSPS) is 17.6. The van der Waals surface area contributed by atoms with Crippen LogP contribution in [0.4, 0.5) is 30.4 Å². The Morgan fingerprint density at radius 2 is 1.86 bits per heavy atom. The Morgan fingerprint density at radius 1 is 1.05 bits per heavy atom. The molecule has 1 saturated heterocycles. The minimum Gasteiger partial charge on any atom is -0.491 e. The molecule has 2 aliphatic heterocycles. The van der Waals surface area contributed by atoms with Crippen molar-refractivity contribution >= 4 is 28.2 Å². The summed E-state index contributed by atoms with van der Waals surface area (Å²) >= 11 is 0. The number of halogens is 3. The number of hydrogen-bond donors (Lipinski definition) is 3. The lowest BCUT2D eigenvalue weighted by molar-refractivity contribution is -0.139. The van der Waals surface area contributed by atoms with Crippen LogP contribution in [0.2, 0.25) is 0 Å². The van der Waals surface area contributed by atoms with E-state index < -0.39 is 11.7 Å². The first-order valence-corrected chi connectivity index (χ1v) is 14.7. The van der Waals surface area contributed by atoms with E-state index in [1.54, 1.807) is 6.07 Å². The van der Waals surface area contributed by atoms with Crippen molar-refractivity contribution in [3.63, 3.8) is 0 Å². The fraction of sp³-hybridized carbons (Fsp3) is 0.419. The Balaban J connectivity index is 1.09. The van der Waals surface area contributed by atoms with E-state index in [0.29, 0.717) is 37.0 Å². The van der Waals surface area contributed by atoms with Gasteiger partial charge in [0, 0.05) is 48.6 Å². The number of likely N-dealkylation sites (tertiary alicyclic amines) is 1. The van der Waals surface area contributed by atoms with Crippen molar-refractivity contribution in [2.24, 2.45) is 0 Å². The highest BCUT2D eigenvalue weighted by atomic mass is 19.4. The molecule has 0 bridgehead atoms. The van der Waals surface area contributed by atoms with Crippen LogP contribution in [0.15, 0.2) is 42.9 Å². The number of nitrogens with zero attached hydrogens (tertiary/aromatic N) is 4. The second-order valence-electron chi connectivity index (χ2n) is 11.6. The summed E-state index contributed by atoms with van der Waals surface area (Å²) in [6.45, 7) is 2.34. The number of hydrogen-bond acceptors (Lipinski definition) is 8. The van der Waals surface area contributed by atoms with Gasteiger partial charge < -0.3 is 35.3 Å². The first-order valence-electron chi connectivity index (χ1n) is 14.7. The van der Waals surface area contributed by atoms with Crippen LogP contribution in [0.5, 0.6) is 11.5 Å². The third-order valence-electron chi connectivity index (χ3n) is 8.54. The van der Waals surface area contributed by atoms with Gasteiger partial charge in [-0.15, -0.1) is 0 Å². The molecule has 0 amide bonds. The standard InChI is InChI=1S/C31H34F3N7O2/c1-40-11-8-20(9-12-40)43-26-7-2-18(14-24(26)31(32,33)34)36-16-37-25-6-5-21(22-10-13-42-28(22)25)23-15-41(19-3-4-19)30-27(23)29(35)38-17-39-30/h2,5-7,14-15,17,19-20,36-37H,3-4,8-13,16H2,1H3,(H2,35,38,39). The van der Waals surface area contributed by atoms with Crippen LogP contribution < -0.4 is 25.8 Å². The van der Waals surface area contributed by atoms with Gasteiger partial charge in [-0.1, -0.05) is 6.07 Å². The van der Waals surface area contributed by atoms with Crippen LogP contribution in [-0.2, 0) is 12.6 Å². The summed E-state index contributed by atoms with van der Waals surface area (Å²) in [5.41, 5.74) is 10.5. The number of aromatic nitrogens is 3. The lowest BCUT2D eigenvalue weighted by atomic mass is 9.97. The third-order valence-corrected chi connectivity index (χ3v) is 8.54. The van der Waals surface area contributed by atoms with E-state index in [1.807, 2.05) is 19.2 Å². The Labute approximate surface area is 247 Å². The molecule has 9 nitrogen and oxygen atoms in total. The number of nitrogens with two attached hydrogens (primary N) is 1. The molecule has 4 N–H and O–H groups in total. The second-order valence-corrected chi connectivity index (χ2v) is 11.6. The Morgan fingerprint density at radius 3 is 2.63 bits per heavy atom. The number of nitrogen functional groups attached to an aromatic ring is 1. The first-order chi connectivity index (χ1) is 20.8. The van der Waals surface area contributed by atoms with Gasteiger partial charge in [-0.2, -0.15) is 13.2 Å². The molecule has 1 saturated carbocycles. The van der Waals surface area contributed by atoms with E-state index >= 15 is 0 Å². The monoisotopic (exact) mass is 593 g/mol. The molecule has 0 spiro atoms. The zero-order chi connectivity index (χ0) is 29.7. The number of ether oxygens (including phenoxy) is 2. The van der Waals surface area contributed by atoms with E-state index in [1.165, 1.54) is 12.4 Å². The van der Waals surface area contributed by atoms with Crippen LogP contribution >= 0.6 is 0 Å². The highest BCUT2D eigenvalue weighted by Gasteiger charge is 2.36. The van der Waals surface area contributed by atoms with E-state index in [0.717, 1.165) is 77.6 Å². The van der Waals surface area contributed by atoms with Gasteiger partial charge in [0.1, 0.15) is 35.4 Å². The molecule has 2 aromatic heterocycles. The lowest BCUT2D eigenvalue weighted by Gasteiger charge is -2.30. The van der Waals surface area contributed by atoms with Crippen molar-refractivity contribution in [3.8, 4) is 22.6 Å². The molecule has 3 aliphatic rings. The number of alkyl halides is 3. The van der Waals surface area contributed by atoms with Gasteiger partial charge in [0.25, 0.3) is 0 Å². The Hall–Kier alpha value is -4.19. The lowest BCUT2D eigenvalue weighted by Crippen LogP contribution is -2.36. The predicted molar refractivity (Wildman–Crippen MR) is 160 cm³/mol. The van der Waals surface area contributed by atoms with E-state index in [9.17, 15) is 13.2 Å².